The van der Waals surface area contributed by atoms with Crippen LogP contribution in [0.25, 0.3) is 0 Å². The molecule has 0 aromatic heterocycles. The summed E-state index contributed by atoms with van der Waals surface area (Å²) in [6.07, 6.45) is 0.694. The second-order valence-corrected chi connectivity index (χ2v) is 6.02. The van der Waals surface area contributed by atoms with Crippen molar-refractivity contribution in [2.24, 2.45) is 5.41 Å². The Balaban J connectivity index is 3.81. The van der Waals surface area contributed by atoms with Gasteiger partial charge >= 0.3 is 0 Å². The van der Waals surface area contributed by atoms with E-state index in [1.165, 1.54) is 0 Å². The molecule has 96 valence electrons. The van der Waals surface area contributed by atoms with Gasteiger partial charge in [0.1, 0.15) is 0 Å². The van der Waals surface area contributed by atoms with Gasteiger partial charge in [0.25, 0.3) is 0 Å². The molecule has 0 atom stereocenters. The maximum absolute atomic E-state index is 11.5. The van der Waals surface area contributed by atoms with Crippen LogP contribution in [0.1, 0.15) is 41.0 Å². The van der Waals surface area contributed by atoms with Crippen LogP contribution in [0.5, 0.6) is 0 Å². The Morgan fingerprint density at radius 3 is 2.19 bits per heavy atom. The van der Waals surface area contributed by atoms with Crippen LogP contribution in [0, 0.1) is 5.41 Å². The second kappa shape index (κ2) is 6.21. The summed E-state index contributed by atoms with van der Waals surface area (Å²) in [6, 6.07) is 0. The van der Waals surface area contributed by atoms with Gasteiger partial charge < -0.3 is 15.7 Å². The van der Waals surface area contributed by atoms with Crippen molar-refractivity contribution < 1.29 is 9.90 Å². The van der Waals surface area contributed by atoms with E-state index in [1.807, 2.05) is 34.6 Å². The molecule has 0 saturated carbocycles. The monoisotopic (exact) mass is 230 g/mol. The minimum absolute atomic E-state index is 0.000870. The number of amides is 1. The van der Waals surface area contributed by atoms with E-state index in [2.05, 4.69) is 10.6 Å². The number of aliphatic hydroxyl groups is 1. The zero-order chi connectivity index (χ0) is 12.8. The van der Waals surface area contributed by atoms with Crippen LogP contribution >= 0.6 is 0 Å². The van der Waals surface area contributed by atoms with E-state index in [-0.39, 0.29) is 23.5 Å². The van der Waals surface area contributed by atoms with E-state index in [0.29, 0.717) is 19.5 Å². The molecule has 0 spiro atoms. The first kappa shape index (κ1) is 15.4. The van der Waals surface area contributed by atoms with Crippen LogP contribution in [0.15, 0.2) is 0 Å². The lowest BCUT2D eigenvalue weighted by Crippen LogP contribution is -2.45. The van der Waals surface area contributed by atoms with Gasteiger partial charge in [0.15, 0.2) is 0 Å². The van der Waals surface area contributed by atoms with Crippen molar-refractivity contribution in [1.29, 1.82) is 0 Å². The first-order valence-corrected chi connectivity index (χ1v) is 5.79. The molecule has 0 aliphatic heterocycles. The average molecular weight is 230 g/mol. The van der Waals surface area contributed by atoms with Crippen molar-refractivity contribution in [3.8, 4) is 0 Å². The quantitative estimate of drug-likeness (QED) is 0.635. The SMILES string of the molecule is CC(C)(CCO)CNC(=O)CNC(C)(C)C. The Morgan fingerprint density at radius 2 is 1.75 bits per heavy atom. The van der Waals surface area contributed by atoms with E-state index >= 15 is 0 Å². The lowest BCUT2D eigenvalue weighted by Gasteiger charge is -2.25. The van der Waals surface area contributed by atoms with Crippen molar-refractivity contribution in [1.82, 2.24) is 10.6 Å². The summed E-state index contributed by atoms with van der Waals surface area (Å²) in [7, 11) is 0. The van der Waals surface area contributed by atoms with Crippen LogP contribution in [-0.4, -0.2) is 36.2 Å². The third kappa shape index (κ3) is 8.68. The number of hydrogen-bond donors (Lipinski definition) is 3. The Morgan fingerprint density at radius 1 is 1.19 bits per heavy atom. The van der Waals surface area contributed by atoms with Gasteiger partial charge in [-0.1, -0.05) is 13.8 Å². The first-order valence-electron chi connectivity index (χ1n) is 5.79. The number of rotatable bonds is 6. The molecular formula is C12H26N2O2. The van der Waals surface area contributed by atoms with Crippen molar-refractivity contribution in [3.05, 3.63) is 0 Å². The van der Waals surface area contributed by atoms with Crippen LogP contribution < -0.4 is 10.6 Å². The Bertz CT molecular complexity index is 220. The predicted molar refractivity (Wildman–Crippen MR) is 66.2 cm³/mol. The highest BCUT2D eigenvalue weighted by Crippen LogP contribution is 2.17. The van der Waals surface area contributed by atoms with Gasteiger partial charge in [-0.15, -0.1) is 0 Å². The summed E-state index contributed by atoms with van der Waals surface area (Å²) >= 11 is 0. The minimum atomic E-state index is -0.0495. The van der Waals surface area contributed by atoms with Gasteiger partial charge in [0.05, 0.1) is 6.54 Å². The average Bonchev–Trinajstić information content (AvgIpc) is 2.10. The molecule has 0 bridgehead atoms. The largest absolute Gasteiger partial charge is 0.396 e. The summed E-state index contributed by atoms with van der Waals surface area (Å²) in [5.74, 6) is 0.000870. The highest BCUT2D eigenvalue weighted by molar-refractivity contribution is 5.78. The van der Waals surface area contributed by atoms with Crippen LogP contribution in [0.4, 0.5) is 0 Å². The fourth-order valence-electron chi connectivity index (χ4n) is 1.14. The summed E-state index contributed by atoms with van der Waals surface area (Å²) in [5.41, 5.74) is -0.0932. The number of carbonyl (C=O) groups excluding carboxylic acids is 1. The molecule has 4 nitrogen and oxygen atoms in total. The molecule has 0 aliphatic carbocycles. The van der Waals surface area contributed by atoms with Crippen LogP contribution in [0.3, 0.4) is 0 Å². The van der Waals surface area contributed by atoms with Gasteiger partial charge in [-0.3, -0.25) is 4.79 Å². The maximum Gasteiger partial charge on any atom is 0.233 e. The first-order chi connectivity index (χ1) is 7.16. The molecule has 0 rings (SSSR count). The van der Waals surface area contributed by atoms with E-state index < -0.39 is 0 Å². The van der Waals surface area contributed by atoms with Gasteiger partial charge in [0, 0.05) is 18.7 Å². The second-order valence-electron chi connectivity index (χ2n) is 6.02. The fraction of sp³-hybridized carbons (Fsp3) is 0.917. The summed E-state index contributed by atoms with van der Waals surface area (Å²) in [5, 5.41) is 14.8. The number of nitrogens with one attached hydrogen (secondary N) is 2. The van der Waals surface area contributed by atoms with E-state index in [9.17, 15) is 4.79 Å². The molecule has 0 unspecified atom stereocenters. The molecule has 1 amide bonds. The van der Waals surface area contributed by atoms with Crippen LogP contribution in [0.2, 0.25) is 0 Å². The molecule has 0 aromatic rings. The van der Waals surface area contributed by atoms with E-state index in [4.69, 9.17) is 5.11 Å². The normalized spacial score (nSPS) is 12.6. The van der Waals surface area contributed by atoms with Crippen molar-refractivity contribution in [2.45, 2.75) is 46.6 Å². The highest BCUT2D eigenvalue weighted by atomic mass is 16.3. The lowest BCUT2D eigenvalue weighted by atomic mass is 9.90. The van der Waals surface area contributed by atoms with Crippen molar-refractivity contribution >= 4 is 5.91 Å². The summed E-state index contributed by atoms with van der Waals surface area (Å²) < 4.78 is 0. The molecule has 0 saturated heterocycles. The van der Waals surface area contributed by atoms with E-state index in [1.54, 1.807) is 0 Å². The number of carbonyl (C=O) groups is 1. The third-order valence-electron chi connectivity index (χ3n) is 2.33. The molecule has 3 N–H and O–H groups in total. The number of aliphatic hydroxyl groups excluding tert-OH is 1. The standard InChI is InChI=1S/C12H26N2O2/c1-11(2,3)14-8-10(16)13-9-12(4,5)6-7-15/h14-15H,6-9H2,1-5H3,(H,13,16). The summed E-state index contributed by atoms with van der Waals surface area (Å²) in [6.45, 7) is 11.2. The molecular weight excluding hydrogens is 204 g/mol. The molecule has 0 heterocycles. The Hall–Kier alpha value is -0.610. The van der Waals surface area contributed by atoms with E-state index in [0.717, 1.165) is 0 Å². The predicted octanol–water partition coefficient (Wildman–Crippen LogP) is 0.899. The van der Waals surface area contributed by atoms with Gasteiger partial charge in [0.2, 0.25) is 5.91 Å². The zero-order valence-corrected chi connectivity index (χ0v) is 11.2. The maximum atomic E-state index is 11.5. The number of hydrogen-bond acceptors (Lipinski definition) is 3. The minimum Gasteiger partial charge on any atom is -0.396 e. The molecule has 0 fully saturated rings. The van der Waals surface area contributed by atoms with Crippen molar-refractivity contribution in [3.63, 3.8) is 0 Å². The lowest BCUT2D eigenvalue weighted by molar-refractivity contribution is -0.121. The molecule has 0 aliphatic rings. The Labute approximate surface area is 98.8 Å². The molecule has 4 heteroatoms. The van der Waals surface area contributed by atoms with Gasteiger partial charge in [-0.2, -0.15) is 0 Å². The highest BCUT2D eigenvalue weighted by Gasteiger charge is 2.18. The third-order valence-corrected chi connectivity index (χ3v) is 2.33. The topological polar surface area (TPSA) is 61.4 Å². The fourth-order valence-corrected chi connectivity index (χ4v) is 1.14. The molecule has 0 radical (unpaired) electrons. The smallest absolute Gasteiger partial charge is 0.233 e. The van der Waals surface area contributed by atoms with Crippen LogP contribution in [-0.2, 0) is 4.79 Å². The van der Waals surface area contributed by atoms with Gasteiger partial charge in [-0.05, 0) is 32.6 Å². The summed E-state index contributed by atoms with van der Waals surface area (Å²) in [4.78, 5) is 11.5. The Kier molecular flexibility index (Phi) is 5.97. The molecule has 0 aromatic carbocycles. The van der Waals surface area contributed by atoms with Crippen molar-refractivity contribution in [2.75, 3.05) is 19.7 Å². The molecule has 16 heavy (non-hydrogen) atoms. The zero-order valence-electron chi connectivity index (χ0n) is 11.2. The van der Waals surface area contributed by atoms with Gasteiger partial charge in [-0.25, -0.2) is 0 Å².